The third-order valence-electron chi connectivity index (χ3n) is 7.20. The fourth-order valence-electron chi connectivity index (χ4n) is 5.17. The number of aliphatic hydroxyl groups excluding tert-OH is 1. The van der Waals surface area contributed by atoms with Gasteiger partial charge in [0.15, 0.2) is 0 Å². The first-order valence-corrected chi connectivity index (χ1v) is 11.4. The predicted molar refractivity (Wildman–Crippen MR) is 121 cm³/mol. The van der Waals surface area contributed by atoms with Gasteiger partial charge in [-0.3, -0.25) is 9.69 Å². The highest BCUT2D eigenvalue weighted by Gasteiger charge is 2.40. The van der Waals surface area contributed by atoms with E-state index >= 15 is 0 Å². The van der Waals surface area contributed by atoms with Crippen molar-refractivity contribution in [3.05, 3.63) is 54.1 Å². The smallest absolute Gasteiger partial charge is 0.271 e. The second-order valence-electron chi connectivity index (χ2n) is 9.30. The first-order chi connectivity index (χ1) is 15.0. The molecule has 2 N–H and O–H groups in total. The largest absolute Gasteiger partial charge is 0.391 e. The van der Waals surface area contributed by atoms with E-state index < -0.39 is 0 Å². The van der Waals surface area contributed by atoms with Crippen LogP contribution in [-0.4, -0.2) is 82.3 Å². The number of amides is 1. The van der Waals surface area contributed by atoms with Crippen LogP contribution in [0.4, 0.5) is 0 Å². The van der Waals surface area contributed by atoms with Crippen LogP contribution in [0.1, 0.15) is 41.7 Å². The second kappa shape index (κ2) is 9.51. The maximum atomic E-state index is 12.7. The van der Waals surface area contributed by atoms with E-state index in [0.29, 0.717) is 12.2 Å². The van der Waals surface area contributed by atoms with E-state index in [0.717, 1.165) is 51.9 Å². The van der Waals surface area contributed by atoms with Gasteiger partial charge < -0.3 is 19.9 Å². The molecule has 1 aliphatic carbocycles. The van der Waals surface area contributed by atoms with E-state index in [1.807, 2.05) is 13.1 Å². The fraction of sp³-hybridized carbons (Fsp3) is 0.583. The summed E-state index contributed by atoms with van der Waals surface area (Å²) in [4.78, 5) is 21.7. The molecule has 1 saturated carbocycles. The molecule has 4 rings (SSSR count). The standard InChI is InChI=1S/C24H35N5O2/c1-27-12-14-29(15-13-27)21-8-10-24(11-9-22(21)30,19-6-4-3-5-7-19)17-25-23(31)20-16-28(2)18-26-20/h3-7,16,18,21-22,30H,8-15,17H2,1-2H3,(H,25,31)/t21-,22-,24-/m0/s1. The maximum absolute atomic E-state index is 12.7. The molecule has 3 atom stereocenters. The van der Waals surface area contributed by atoms with Crippen LogP contribution < -0.4 is 5.32 Å². The summed E-state index contributed by atoms with van der Waals surface area (Å²) < 4.78 is 1.78. The van der Waals surface area contributed by atoms with Gasteiger partial charge in [0.25, 0.3) is 5.91 Å². The summed E-state index contributed by atoms with van der Waals surface area (Å²) in [6, 6.07) is 10.7. The van der Waals surface area contributed by atoms with Gasteiger partial charge in [-0.05, 0) is 38.3 Å². The van der Waals surface area contributed by atoms with Gasteiger partial charge in [0.1, 0.15) is 5.69 Å². The lowest BCUT2D eigenvalue weighted by molar-refractivity contribution is 0.0200. The number of hydrogen-bond donors (Lipinski definition) is 2. The number of nitrogens with zero attached hydrogens (tertiary/aromatic N) is 4. The molecule has 2 aliphatic rings. The van der Waals surface area contributed by atoms with Crippen LogP contribution in [0.5, 0.6) is 0 Å². The molecule has 1 amide bonds. The van der Waals surface area contributed by atoms with Crippen LogP contribution in [0.2, 0.25) is 0 Å². The molecule has 0 unspecified atom stereocenters. The van der Waals surface area contributed by atoms with E-state index in [1.165, 1.54) is 5.56 Å². The molecule has 0 bridgehead atoms. The zero-order chi connectivity index (χ0) is 21.8. The highest BCUT2D eigenvalue weighted by atomic mass is 16.3. The monoisotopic (exact) mass is 425 g/mol. The summed E-state index contributed by atoms with van der Waals surface area (Å²) in [6.07, 6.45) is 6.51. The zero-order valence-electron chi connectivity index (χ0n) is 18.7. The van der Waals surface area contributed by atoms with Gasteiger partial charge >= 0.3 is 0 Å². The Morgan fingerprint density at radius 1 is 1.13 bits per heavy atom. The van der Waals surface area contributed by atoms with Crippen molar-refractivity contribution in [2.45, 2.75) is 43.2 Å². The van der Waals surface area contributed by atoms with E-state index in [4.69, 9.17) is 0 Å². The molecular weight excluding hydrogens is 390 g/mol. The molecule has 7 nitrogen and oxygen atoms in total. The average molecular weight is 426 g/mol. The maximum Gasteiger partial charge on any atom is 0.271 e. The fourth-order valence-corrected chi connectivity index (χ4v) is 5.17. The first-order valence-electron chi connectivity index (χ1n) is 11.4. The van der Waals surface area contributed by atoms with Crippen LogP contribution in [0.15, 0.2) is 42.9 Å². The molecule has 2 fully saturated rings. The molecule has 7 heteroatoms. The average Bonchev–Trinajstić information content (AvgIpc) is 3.15. The molecule has 2 heterocycles. The molecule has 31 heavy (non-hydrogen) atoms. The Balaban J connectivity index is 1.52. The lowest BCUT2D eigenvalue weighted by Crippen LogP contribution is -2.52. The second-order valence-corrected chi connectivity index (χ2v) is 9.30. The summed E-state index contributed by atoms with van der Waals surface area (Å²) >= 11 is 0. The third-order valence-corrected chi connectivity index (χ3v) is 7.20. The number of aryl methyl sites for hydroxylation is 1. The molecule has 1 saturated heterocycles. The Bertz CT molecular complexity index is 862. The number of aliphatic hydroxyl groups is 1. The van der Waals surface area contributed by atoms with Crippen molar-refractivity contribution in [3.8, 4) is 0 Å². The summed E-state index contributed by atoms with van der Waals surface area (Å²) in [5.41, 5.74) is 1.49. The van der Waals surface area contributed by atoms with Gasteiger partial charge in [0.2, 0.25) is 0 Å². The van der Waals surface area contributed by atoms with E-state index in [2.05, 4.69) is 51.4 Å². The molecule has 1 aromatic carbocycles. The lowest BCUT2D eigenvalue weighted by atomic mass is 9.74. The van der Waals surface area contributed by atoms with Crippen LogP contribution in [-0.2, 0) is 12.5 Å². The molecular formula is C24H35N5O2. The van der Waals surface area contributed by atoms with Crippen molar-refractivity contribution in [1.82, 2.24) is 24.7 Å². The molecule has 0 spiro atoms. The molecule has 1 aromatic heterocycles. The summed E-state index contributed by atoms with van der Waals surface area (Å²) in [5.74, 6) is -0.142. The van der Waals surface area contributed by atoms with Crippen molar-refractivity contribution >= 4 is 5.91 Å². The number of nitrogens with one attached hydrogen (secondary N) is 1. The van der Waals surface area contributed by atoms with E-state index in [1.54, 1.807) is 17.1 Å². The van der Waals surface area contributed by atoms with Crippen molar-refractivity contribution in [2.75, 3.05) is 39.8 Å². The number of carbonyl (C=O) groups excluding carboxylic acids is 1. The van der Waals surface area contributed by atoms with Crippen molar-refractivity contribution < 1.29 is 9.90 Å². The first kappa shape index (κ1) is 22.0. The molecule has 1 aliphatic heterocycles. The Morgan fingerprint density at radius 3 is 2.52 bits per heavy atom. The van der Waals surface area contributed by atoms with Crippen LogP contribution in [0, 0.1) is 0 Å². The number of aromatic nitrogens is 2. The van der Waals surface area contributed by atoms with Crippen molar-refractivity contribution in [2.24, 2.45) is 7.05 Å². The van der Waals surface area contributed by atoms with Gasteiger partial charge in [0.05, 0.1) is 12.4 Å². The van der Waals surface area contributed by atoms with Crippen LogP contribution >= 0.6 is 0 Å². The number of rotatable bonds is 5. The van der Waals surface area contributed by atoms with E-state index in [9.17, 15) is 9.90 Å². The highest BCUT2D eigenvalue weighted by Crippen LogP contribution is 2.39. The van der Waals surface area contributed by atoms with E-state index in [-0.39, 0.29) is 23.5 Å². The Hall–Kier alpha value is -2.22. The van der Waals surface area contributed by atoms with Crippen molar-refractivity contribution in [3.63, 3.8) is 0 Å². The van der Waals surface area contributed by atoms with Crippen LogP contribution in [0.25, 0.3) is 0 Å². The third kappa shape index (κ3) is 5.00. The van der Waals surface area contributed by atoms with Gasteiger partial charge in [-0.1, -0.05) is 30.3 Å². The number of piperazine rings is 1. The SMILES string of the molecule is CN1CCN([C@H]2CC[C@](CNC(=O)c3cn(C)cn3)(c3ccccc3)CC[C@@H]2O)CC1. The summed E-state index contributed by atoms with van der Waals surface area (Å²) in [6.45, 7) is 4.66. The Morgan fingerprint density at radius 2 is 1.84 bits per heavy atom. The Labute approximate surface area is 185 Å². The van der Waals surface area contributed by atoms with Gasteiger partial charge in [0, 0.05) is 57.4 Å². The summed E-state index contributed by atoms with van der Waals surface area (Å²) in [5, 5.41) is 14.2. The minimum Gasteiger partial charge on any atom is -0.391 e. The topological polar surface area (TPSA) is 73.6 Å². The van der Waals surface area contributed by atoms with Gasteiger partial charge in [-0.25, -0.2) is 4.98 Å². The number of imidazole rings is 1. The van der Waals surface area contributed by atoms with Crippen LogP contribution in [0.3, 0.4) is 0 Å². The number of hydrogen-bond acceptors (Lipinski definition) is 5. The van der Waals surface area contributed by atoms with Crippen molar-refractivity contribution in [1.29, 1.82) is 0 Å². The normalized spacial score (nSPS) is 28.2. The molecule has 0 radical (unpaired) electrons. The van der Waals surface area contributed by atoms with Gasteiger partial charge in [-0.15, -0.1) is 0 Å². The highest BCUT2D eigenvalue weighted by molar-refractivity contribution is 5.92. The number of likely N-dealkylation sites (N-methyl/N-ethyl adjacent to an activating group) is 1. The lowest BCUT2D eigenvalue weighted by Gasteiger charge is -2.39. The predicted octanol–water partition coefficient (Wildman–Crippen LogP) is 1.64. The molecule has 2 aromatic rings. The van der Waals surface area contributed by atoms with Gasteiger partial charge in [-0.2, -0.15) is 0 Å². The minimum atomic E-state index is -0.333. The zero-order valence-corrected chi connectivity index (χ0v) is 18.7. The Kier molecular flexibility index (Phi) is 6.74. The minimum absolute atomic E-state index is 0.142. The molecule has 168 valence electrons. The quantitative estimate of drug-likeness (QED) is 0.713. The summed E-state index contributed by atoms with van der Waals surface area (Å²) in [7, 11) is 4.02. The number of benzene rings is 1. The number of carbonyl (C=O) groups is 1.